The zero-order valence-electron chi connectivity index (χ0n) is 16.7. The maximum Gasteiger partial charge on any atom is 0.240 e. The van der Waals surface area contributed by atoms with Gasteiger partial charge in [-0.25, -0.2) is 13.1 Å². The normalized spacial score (nSPS) is 12.5. The van der Waals surface area contributed by atoms with Crippen molar-refractivity contribution >= 4 is 42.6 Å². The summed E-state index contributed by atoms with van der Waals surface area (Å²) in [5, 5.41) is 4.69. The van der Waals surface area contributed by atoms with E-state index in [9.17, 15) is 13.2 Å². The summed E-state index contributed by atoms with van der Waals surface area (Å²) >= 11 is 3.43. The fourth-order valence-corrected chi connectivity index (χ4v) is 4.69. The van der Waals surface area contributed by atoms with Crippen LogP contribution in [0.4, 0.5) is 0 Å². The maximum atomic E-state index is 12.5. The lowest BCUT2D eigenvalue weighted by molar-refractivity contribution is -0.121. The predicted molar refractivity (Wildman–Crippen MR) is 121 cm³/mol. The van der Waals surface area contributed by atoms with E-state index in [-0.39, 0.29) is 29.8 Å². The van der Waals surface area contributed by atoms with Crippen LogP contribution in [-0.2, 0) is 14.8 Å². The number of hydrogen-bond acceptors (Lipinski definition) is 4. The Labute approximate surface area is 184 Å². The molecule has 0 aromatic heterocycles. The largest absolute Gasteiger partial charge is 0.496 e. The van der Waals surface area contributed by atoms with Crippen LogP contribution in [0.1, 0.15) is 24.9 Å². The highest BCUT2D eigenvalue weighted by Crippen LogP contribution is 2.28. The summed E-state index contributed by atoms with van der Waals surface area (Å²) in [6, 6.07) is 17.9. The molecular weight excluding hydrogens is 468 g/mol. The Hall–Kier alpha value is -2.42. The van der Waals surface area contributed by atoms with Gasteiger partial charge in [-0.1, -0.05) is 36.4 Å². The number of hydrogen-bond donors (Lipinski definition) is 2. The van der Waals surface area contributed by atoms with Crippen molar-refractivity contribution in [1.29, 1.82) is 0 Å². The van der Waals surface area contributed by atoms with Crippen LogP contribution in [0.2, 0.25) is 0 Å². The fraction of sp³-hybridized carbons (Fsp3) is 0.227. The van der Waals surface area contributed by atoms with Crippen molar-refractivity contribution in [3.63, 3.8) is 0 Å². The number of halogens is 1. The van der Waals surface area contributed by atoms with Crippen molar-refractivity contribution in [3.8, 4) is 5.75 Å². The summed E-state index contributed by atoms with van der Waals surface area (Å²) in [5.41, 5.74) is 0.910. The Balaban J connectivity index is 1.55. The third-order valence-corrected chi connectivity index (χ3v) is 6.81. The molecular formula is C22H23BrN2O4S. The summed E-state index contributed by atoms with van der Waals surface area (Å²) in [7, 11) is -2.10. The number of carbonyl (C=O) groups is 1. The van der Waals surface area contributed by atoms with Crippen LogP contribution in [0.3, 0.4) is 0 Å². The van der Waals surface area contributed by atoms with E-state index < -0.39 is 10.0 Å². The summed E-state index contributed by atoms with van der Waals surface area (Å²) < 4.78 is 33.6. The molecule has 0 bridgehead atoms. The summed E-state index contributed by atoms with van der Waals surface area (Å²) in [5.74, 6) is 0.469. The Morgan fingerprint density at radius 1 is 1.07 bits per heavy atom. The molecule has 1 unspecified atom stereocenters. The van der Waals surface area contributed by atoms with E-state index >= 15 is 0 Å². The zero-order chi connectivity index (χ0) is 21.7. The van der Waals surface area contributed by atoms with E-state index in [0.717, 1.165) is 20.8 Å². The van der Waals surface area contributed by atoms with Crippen LogP contribution in [0.25, 0.3) is 10.8 Å². The van der Waals surface area contributed by atoms with Crippen LogP contribution in [0.15, 0.2) is 70.0 Å². The van der Waals surface area contributed by atoms with E-state index in [1.165, 1.54) is 0 Å². The van der Waals surface area contributed by atoms with Gasteiger partial charge in [-0.15, -0.1) is 0 Å². The van der Waals surface area contributed by atoms with Crippen LogP contribution >= 0.6 is 15.9 Å². The van der Waals surface area contributed by atoms with Gasteiger partial charge >= 0.3 is 0 Å². The lowest BCUT2D eigenvalue weighted by Gasteiger charge is -2.16. The molecule has 0 aliphatic heterocycles. The van der Waals surface area contributed by atoms with Gasteiger partial charge in [0, 0.05) is 13.0 Å². The fourth-order valence-electron chi connectivity index (χ4n) is 3.07. The highest BCUT2D eigenvalue weighted by atomic mass is 79.9. The van der Waals surface area contributed by atoms with Crippen molar-refractivity contribution in [2.75, 3.05) is 13.7 Å². The molecule has 0 saturated heterocycles. The second-order valence-electron chi connectivity index (χ2n) is 6.84. The van der Waals surface area contributed by atoms with Gasteiger partial charge in [0.05, 0.1) is 22.5 Å². The molecule has 1 atom stereocenters. The Morgan fingerprint density at radius 3 is 2.50 bits per heavy atom. The second-order valence-corrected chi connectivity index (χ2v) is 9.46. The van der Waals surface area contributed by atoms with Gasteiger partial charge in [-0.3, -0.25) is 4.79 Å². The van der Waals surface area contributed by atoms with Gasteiger partial charge in [0.25, 0.3) is 0 Å². The zero-order valence-corrected chi connectivity index (χ0v) is 19.1. The number of ether oxygens (including phenoxy) is 1. The van der Waals surface area contributed by atoms with Gasteiger partial charge in [0.15, 0.2) is 0 Å². The number of methoxy groups -OCH3 is 1. The Kier molecular flexibility index (Phi) is 7.12. The minimum absolute atomic E-state index is 0.0139. The monoisotopic (exact) mass is 490 g/mol. The quantitative estimate of drug-likeness (QED) is 0.496. The molecule has 3 aromatic carbocycles. The molecule has 0 spiro atoms. The highest BCUT2D eigenvalue weighted by molar-refractivity contribution is 9.10. The minimum Gasteiger partial charge on any atom is -0.496 e. The summed E-state index contributed by atoms with van der Waals surface area (Å²) in [6.07, 6.45) is 0.0362. The van der Waals surface area contributed by atoms with E-state index in [1.54, 1.807) is 25.3 Å². The van der Waals surface area contributed by atoms with Crippen molar-refractivity contribution in [1.82, 2.24) is 10.0 Å². The molecule has 0 aliphatic rings. The maximum absolute atomic E-state index is 12.5. The first-order valence-electron chi connectivity index (χ1n) is 9.41. The molecule has 3 rings (SSSR count). The van der Waals surface area contributed by atoms with Gasteiger partial charge in [-0.2, -0.15) is 0 Å². The smallest absolute Gasteiger partial charge is 0.240 e. The number of sulfonamides is 1. The number of benzene rings is 3. The van der Waals surface area contributed by atoms with Crippen molar-refractivity contribution in [2.45, 2.75) is 24.3 Å². The van der Waals surface area contributed by atoms with Crippen molar-refractivity contribution < 1.29 is 17.9 Å². The first kappa shape index (κ1) is 22.3. The third-order valence-electron chi connectivity index (χ3n) is 4.73. The number of carbonyl (C=O) groups excluding carboxylic acids is 1. The molecule has 0 aliphatic carbocycles. The number of fused-ring (bicyclic) bond motifs is 1. The van der Waals surface area contributed by atoms with Crippen LogP contribution in [0.5, 0.6) is 5.75 Å². The molecule has 158 valence electrons. The lowest BCUT2D eigenvalue weighted by Crippen LogP contribution is -2.32. The minimum atomic E-state index is -3.69. The molecule has 6 nitrogen and oxygen atoms in total. The molecule has 0 fully saturated rings. The molecule has 3 aromatic rings. The first-order valence-corrected chi connectivity index (χ1v) is 11.7. The highest BCUT2D eigenvalue weighted by Gasteiger charge is 2.16. The first-order chi connectivity index (χ1) is 14.3. The second kappa shape index (κ2) is 9.59. The van der Waals surface area contributed by atoms with E-state index in [2.05, 4.69) is 26.0 Å². The van der Waals surface area contributed by atoms with Crippen molar-refractivity contribution in [2.24, 2.45) is 0 Å². The van der Waals surface area contributed by atoms with Gasteiger partial charge in [0.1, 0.15) is 5.75 Å². The number of nitrogens with one attached hydrogen (secondary N) is 2. The SMILES string of the molecule is COc1ccc(C(C)NC(=O)CCNS(=O)(=O)c2ccc3ccccc3c2)cc1Br. The molecule has 8 heteroatoms. The average Bonchev–Trinajstić information content (AvgIpc) is 2.73. The van der Waals surface area contributed by atoms with E-state index in [4.69, 9.17) is 4.74 Å². The number of rotatable bonds is 8. The molecule has 30 heavy (non-hydrogen) atoms. The van der Waals surface area contributed by atoms with Crippen molar-refractivity contribution in [3.05, 3.63) is 70.7 Å². The van der Waals surface area contributed by atoms with Gasteiger partial charge in [0.2, 0.25) is 15.9 Å². The molecule has 1 amide bonds. The van der Waals surface area contributed by atoms with Crippen LogP contribution in [-0.4, -0.2) is 28.0 Å². The predicted octanol–water partition coefficient (Wildman–Crippen LogP) is 4.16. The Morgan fingerprint density at radius 2 is 1.80 bits per heavy atom. The van der Waals surface area contributed by atoms with E-state index in [1.807, 2.05) is 49.4 Å². The molecule has 0 saturated carbocycles. The van der Waals surface area contributed by atoms with Gasteiger partial charge in [-0.05, 0) is 63.5 Å². The topological polar surface area (TPSA) is 84.5 Å². The van der Waals surface area contributed by atoms with Gasteiger partial charge < -0.3 is 10.1 Å². The standard InChI is InChI=1S/C22H23BrN2O4S/c1-15(17-8-10-21(29-2)20(23)14-17)25-22(26)11-12-24-30(27,28)19-9-7-16-5-3-4-6-18(16)13-19/h3-10,13-15,24H,11-12H2,1-2H3,(H,25,26). The number of amides is 1. The third kappa shape index (κ3) is 5.38. The Bertz CT molecular complexity index is 1160. The average molecular weight is 491 g/mol. The lowest BCUT2D eigenvalue weighted by atomic mass is 10.1. The van der Waals surface area contributed by atoms with Crippen LogP contribution in [0, 0.1) is 0 Å². The summed E-state index contributed by atoms with van der Waals surface area (Å²) in [4.78, 5) is 12.4. The molecule has 0 heterocycles. The van der Waals surface area contributed by atoms with Crippen LogP contribution < -0.4 is 14.8 Å². The molecule has 0 radical (unpaired) electrons. The summed E-state index contributed by atoms with van der Waals surface area (Å²) in [6.45, 7) is 1.88. The van der Waals surface area contributed by atoms with E-state index in [0.29, 0.717) is 5.75 Å². The molecule has 2 N–H and O–H groups in total.